The highest BCUT2D eigenvalue weighted by Crippen LogP contribution is 2.32. The molecular weight excluding hydrogens is 351 g/mol. The summed E-state index contributed by atoms with van der Waals surface area (Å²) in [7, 11) is 0. The molecule has 0 amide bonds. The van der Waals surface area contributed by atoms with E-state index in [2.05, 4.69) is 21.4 Å². The molecule has 3 aromatic carbocycles. The number of halogens is 1. The number of nitrogens with one attached hydrogen (secondary N) is 1. The molecule has 4 aromatic rings. The van der Waals surface area contributed by atoms with Crippen LogP contribution in [0.5, 0.6) is 0 Å². The maximum Gasteiger partial charge on any atom is 0.228 e. The Morgan fingerprint density at radius 3 is 2.04 bits per heavy atom. The molecule has 0 saturated carbocycles. The molecule has 1 heterocycles. The summed E-state index contributed by atoms with van der Waals surface area (Å²) < 4.78 is 14.5. The molecule has 0 aliphatic heterocycles. The topological polar surface area (TPSA) is 61.6 Å². The molecule has 0 fully saturated rings. The SMILES string of the molecule is N#Cc1c(-c2ccccc2)nc(Nc2ccccc2)nc1-c1ccccc1F. The molecule has 134 valence electrons. The third kappa shape index (κ3) is 3.44. The standard InChI is InChI=1S/C23H15FN4/c24-20-14-8-7-13-18(20)22-19(15-25)21(16-9-3-1-4-10-16)27-23(28-22)26-17-11-5-2-6-12-17/h1-14H,(H,26,27,28). The predicted molar refractivity (Wildman–Crippen MR) is 107 cm³/mol. The normalized spacial score (nSPS) is 10.3. The third-order valence-electron chi connectivity index (χ3n) is 4.23. The predicted octanol–water partition coefficient (Wildman–Crippen LogP) is 5.56. The van der Waals surface area contributed by atoms with Gasteiger partial charge in [0.1, 0.15) is 17.4 Å². The second-order valence-corrected chi connectivity index (χ2v) is 6.07. The molecule has 1 aromatic heterocycles. The van der Waals surface area contributed by atoms with Crippen LogP contribution in [0.1, 0.15) is 5.56 Å². The van der Waals surface area contributed by atoms with E-state index in [9.17, 15) is 9.65 Å². The summed E-state index contributed by atoms with van der Waals surface area (Å²) >= 11 is 0. The maximum atomic E-state index is 14.5. The second-order valence-electron chi connectivity index (χ2n) is 6.07. The lowest BCUT2D eigenvalue weighted by molar-refractivity contribution is 0.630. The summed E-state index contributed by atoms with van der Waals surface area (Å²) in [5, 5.41) is 13.0. The van der Waals surface area contributed by atoms with Crippen LogP contribution in [0.4, 0.5) is 16.0 Å². The summed E-state index contributed by atoms with van der Waals surface area (Å²) in [4.78, 5) is 9.03. The highest BCUT2D eigenvalue weighted by molar-refractivity contribution is 5.79. The van der Waals surface area contributed by atoms with Gasteiger partial charge in [0.15, 0.2) is 0 Å². The zero-order valence-corrected chi connectivity index (χ0v) is 14.8. The van der Waals surface area contributed by atoms with E-state index in [1.165, 1.54) is 6.07 Å². The van der Waals surface area contributed by atoms with E-state index in [0.29, 0.717) is 11.6 Å². The fourth-order valence-corrected chi connectivity index (χ4v) is 2.93. The van der Waals surface area contributed by atoms with Gasteiger partial charge in [-0.25, -0.2) is 14.4 Å². The lowest BCUT2D eigenvalue weighted by atomic mass is 10.0. The molecule has 5 heteroatoms. The van der Waals surface area contributed by atoms with E-state index in [1.54, 1.807) is 18.2 Å². The van der Waals surface area contributed by atoms with Crippen LogP contribution in [0.25, 0.3) is 22.5 Å². The Kier molecular flexibility index (Phi) is 4.77. The van der Waals surface area contributed by atoms with Crippen molar-refractivity contribution in [1.29, 1.82) is 5.26 Å². The van der Waals surface area contributed by atoms with Gasteiger partial charge in [-0.15, -0.1) is 0 Å². The average Bonchev–Trinajstić information content (AvgIpc) is 2.75. The Morgan fingerprint density at radius 1 is 0.750 bits per heavy atom. The largest absolute Gasteiger partial charge is 0.324 e. The Morgan fingerprint density at radius 2 is 1.36 bits per heavy atom. The molecule has 0 bridgehead atoms. The molecule has 0 spiro atoms. The van der Waals surface area contributed by atoms with Gasteiger partial charge in [0, 0.05) is 16.8 Å². The summed E-state index contributed by atoms with van der Waals surface area (Å²) in [5.41, 5.74) is 2.76. The van der Waals surface area contributed by atoms with E-state index in [1.807, 2.05) is 60.7 Å². The van der Waals surface area contributed by atoms with Crippen molar-refractivity contribution in [2.45, 2.75) is 0 Å². The van der Waals surface area contributed by atoms with Gasteiger partial charge in [0.25, 0.3) is 0 Å². The number of hydrogen-bond acceptors (Lipinski definition) is 4. The first kappa shape index (κ1) is 17.4. The average molecular weight is 366 g/mol. The Balaban J connectivity index is 1.95. The molecule has 0 radical (unpaired) electrons. The monoisotopic (exact) mass is 366 g/mol. The van der Waals surface area contributed by atoms with Crippen LogP contribution in [-0.4, -0.2) is 9.97 Å². The number of aromatic nitrogens is 2. The quantitative estimate of drug-likeness (QED) is 0.513. The Labute approximate surface area is 162 Å². The minimum Gasteiger partial charge on any atom is -0.324 e. The van der Waals surface area contributed by atoms with Gasteiger partial charge in [-0.05, 0) is 24.3 Å². The summed E-state index contributed by atoms with van der Waals surface area (Å²) in [6.07, 6.45) is 0. The van der Waals surface area contributed by atoms with Crippen LogP contribution in [-0.2, 0) is 0 Å². The molecule has 0 aliphatic rings. The molecule has 1 N–H and O–H groups in total. The maximum absolute atomic E-state index is 14.5. The number of rotatable bonds is 4. The van der Waals surface area contributed by atoms with E-state index in [0.717, 1.165) is 11.3 Å². The lowest BCUT2D eigenvalue weighted by Gasteiger charge is -2.13. The summed E-state index contributed by atoms with van der Waals surface area (Å²) in [6.45, 7) is 0. The van der Waals surface area contributed by atoms with Gasteiger partial charge in [-0.1, -0.05) is 60.7 Å². The smallest absolute Gasteiger partial charge is 0.228 e. The van der Waals surface area contributed by atoms with Crippen molar-refractivity contribution < 1.29 is 4.39 Å². The molecule has 0 saturated heterocycles. The van der Waals surface area contributed by atoms with Gasteiger partial charge >= 0.3 is 0 Å². The van der Waals surface area contributed by atoms with Crippen LogP contribution in [0.3, 0.4) is 0 Å². The fraction of sp³-hybridized carbons (Fsp3) is 0. The number of benzene rings is 3. The Bertz CT molecular complexity index is 1150. The van der Waals surface area contributed by atoms with E-state index in [4.69, 9.17) is 0 Å². The van der Waals surface area contributed by atoms with Crippen molar-refractivity contribution in [2.75, 3.05) is 5.32 Å². The van der Waals surface area contributed by atoms with E-state index < -0.39 is 5.82 Å². The van der Waals surface area contributed by atoms with Crippen molar-refractivity contribution in [2.24, 2.45) is 0 Å². The van der Waals surface area contributed by atoms with Crippen molar-refractivity contribution >= 4 is 11.6 Å². The van der Waals surface area contributed by atoms with Gasteiger partial charge in [-0.3, -0.25) is 0 Å². The first-order valence-electron chi connectivity index (χ1n) is 8.71. The van der Waals surface area contributed by atoms with Gasteiger partial charge in [-0.2, -0.15) is 5.26 Å². The van der Waals surface area contributed by atoms with Crippen molar-refractivity contribution in [3.63, 3.8) is 0 Å². The highest BCUT2D eigenvalue weighted by Gasteiger charge is 2.19. The van der Waals surface area contributed by atoms with E-state index >= 15 is 0 Å². The molecular formula is C23H15FN4. The zero-order chi connectivity index (χ0) is 19.3. The minimum atomic E-state index is -0.442. The van der Waals surface area contributed by atoms with Crippen LogP contribution in [0.2, 0.25) is 0 Å². The lowest BCUT2D eigenvalue weighted by Crippen LogP contribution is -2.04. The second kappa shape index (κ2) is 7.68. The first-order chi connectivity index (χ1) is 13.8. The number of para-hydroxylation sites is 1. The molecule has 0 atom stereocenters. The van der Waals surface area contributed by atoms with Gasteiger partial charge < -0.3 is 5.32 Å². The van der Waals surface area contributed by atoms with Crippen molar-refractivity contribution in [3.8, 4) is 28.6 Å². The first-order valence-corrected chi connectivity index (χ1v) is 8.71. The van der Waals surface area contributed by atoms with Crippen LogP contribution >= 0.6 is 0 Å². The number of nitriles is 1. The van der Waals surface area contributed by atoms with Crippen LogP contribution < -0.4 is 5.32 Å². The van der Waals surface area contributed by atoms with Crippen LogP contribution in [0.15, 0.2) is 84.9 Å². The fourth-order valence-electron chi connectivity index (χ4n) is 2.93. The molecule has 0 unspecified atom stereocenters. The zero-order valence-electron chi connectivity index (χ0n) is 14.8. The Hall–Kier alpha value is -4.04. The minimum absolute atomic E-state index is 0.231. The van der Waals surface area contributed by atoms with Gasteiger partial charge in [0.2, 0.25) is 5.95 Å². The number of anilines is 2. The molecule has 0 aliphatic carbocycles. The number of hydrogen-bond donors (Lipinski definition) is 1. The number of nitrogens with zero attached hydrogens (tertiary/aromatic N) is 3. The molecule has 4 nitrogen and oxygen atoms in total. The highest BCUT2D eigenvalue weighted by atomic mass is 19.1. The summed E-state index contributed by atoms with van der Waals surface area (Å²) in [5.74, 6) is -0.148. The van der Waals surface area contributed by atoms with Crippen molar-refractivity contribution in [3.05, 3.63) is 96.3 Å². The molecule has 28 heavy (non-hydrogen) atoms. The van der Waals surface area contributed by atoms with Crippen molar-refractivity contribution in [1.82, 2.24) is 9.97 Å². The van der Waals surface area contributed by atoms with Crippen LogP contribution in [0, 0.1) is 17.1 Å². The summed E-state index contributed by atoms with van der Waals surface area (Å²) in [6, 6.07) is 27.2. The third-order valence-corrected chi connectivity index (χ3v) is 4.23. The van der Waals surface area contributed by atoms with E-state index in [-0.39, 0.29) is 16.8 Å². The molecule has 4 rings (SSSR count). The van der Waals surface area contributed by atoms with Gasteiger partial charge in [0.05, 0.1) is 11.4 Å².